The van der Waals surface area contributed by atoms with Crippen molar-refractivity contribution in [1.29, 1.82) is 0 Å². The molecule has 1 heterocycles. The second kappa shape index (κ2) is 35.1. The summed E-state index contributed by atoms with van der Waals surface area (Å²) in [4.78, 5) is 13.0. The highest BCUT2D eigenvalue weighted by molar-refractivity contribution is 5.80. The number of carbonyl (C=O) groups is 1. The van der Waals surface area contributed by atoms with Crippen molar-refractivity contribution in [3.63, 3.8) is 0 Å². The maximum Gasteiger partial charge on any atom is 0.249 e. The Labute approximate surface area is 329 Å². The Balaban J connectivity index is 2.42. The average Bonchev–Trinajstić information content (AvgIpc) is 3.17. The molecule has 10 heteroatoms. The number of hydrogen-bond acceptors (Lipinski definition) is 9. The van der Waals surface area contributed by atoms with Crippen molar-refractivity contribution in [3.05, 3.63) is 12.2 Å². The molecule has 8 unspecified atom stereocenters. The van der Waals surface area contributed by atoms with E-state index in [4.69, 9.17) is 9.47 Å². The molecule has 0 aliphatic carbocycles. The summed E-state index contributed by atoms with van der Waals surface area (Å²) in [6, 6.07) is -0.973. The van der Waals surface area contributed by atoms with E-state index in [1.807, 2.05) is 6.08 Å². The van der Waals surface area contributed by atoms with Gasteiger partial charge in [0, 0.05) is 0 Å². The van der Waals surface area contributed by atoms with Crippen molar-refractivity contribution in [2.24, 2.45) is 0 Å². The number of amides is 1. The number of ether oxygens (including phenoxy) is 2. The number of carbonyl (C=O) groups excluding carboxylic acids is 1. The van der Waals surface area contributed by atoms with Gasteiger partial charge in [0.15, 0.2) is 6.29 Å². The fraction of sp³-hybridized carbons (Fsp3) is 0.932. The van der Waals surface area contributed by atoms with Gasteiger partial charge in [-0.15, -0.1) is 0 Å². The summed E-state index contributed by atoms with van der Waals surface area (Å²) in [5, 5.41) is 64.6. The lowest BCUT2D eigenvalue weighted by Crippen LogP contribution is -2.60. The summed E-state index contributed by atoms with van der Waals surface area (Å²) in [6.07, 6.45) is 28.6. The van der Waals surface area contributed by atoms with Crippen LogP contribution in [0.15, 0.2) is 12.2 Å². The van der Waals surface area contributed by atoms with Gasteiger partial charge in [-0.2, -0.15) is 0 Å². The van der Waals surface area contributed by atoms with Crippen molar-refractivity contribution in [2.75, 3.05) is 13.2 Å². The van der Waals surface area contributed by atoms with Crippen molar-refractivity contribution in [2.45, 2.75) is 249 Å². The van der Waals surface area contributed by atoms with Gasteiger partial charge in [-0.3, -0.25) is 4.79 Å². The van der Waals surface area contributed by atoms with E-state index >= 15 is 0 Å². The molecule has 1 rings (SSSR count). The fourth-order valence-electron chi connectivity index (χ4n) is 7.22. The Morgan fingerprint density at radius 2 is 1.06 bits per heavy atom. The molecule has 0 spiro atoms. The Morgan fingerprint density at radius 1 is 0.630 bits per heavy atom. The first kappa shape index (κ1) is 50.9. The molecule has 10 nitrogen and oxygen atoms in total. The molecule has 0 aromatic rings. The summed E-state index contributed by atoms with van der Waals surface area (Å²) in [7, 11) is 0. The number of allylic oxidation sites excluding steroid dienone is 1. The number of hydrogen-bond donors (Lipinski definition) is 7. The van der Waals surface area contributed by atoms with Gasteiger partial charge >= 0.3 is 0 Å². The van der Waals surface area contributed by atoms with Crippen molar-refractivity contribution in [3.8, 4) is 0 Å². The first-order valence-electron chi connectivity index (χ1n) is 22.5. The van der Waals surface area contributed by atoms with E-state index in [0.29, 0.717) is 6.42 Å². The van der Waals surface area contributed by atoms with Gasteiger partial charge in [-0.1, -0.05) is 193 Å². The largest absolute Gasteiger partial charge is 0.394 e. The Hall–Kier alpha value is -1.11. The molecule has 0 aromatic carbocycles. The molecule has 320 valence electrons. The van der Waals surface area contributed by atoms with Crippen molar-refractivity contribution < 1.29 is 44.9 Å². The Morgan fingerprint density at radius 3 is 1.50 bits per heavy atom. The van der Waals surface area contributed by atoms with Crippen LogP contribution in [0.3, 0.4) is 0 Å². The first-order chi connectivity index (χ1) is 26.3. The number of aliphatic hydroxyl groups excluding tert-OH is 6. The number of unbranched alkanes of at least 4 members (excludes halogenated alkanes) is 26. The Bertz CT molecular complexity index is 875. The molecular weight excluding hydrogens is 686 g/mol. The molecule has 0 aromatic heterocycles. The highest BCUT2D eigenvalue weighted by Crippen LogP contribution is 2.23. The maximum absolute atomic E-state index is 13.0. The average molecular weight is 772 g/mol. The number of rotatable bonds is 37. The third-order valence-electron chi connectivity index (χ3n) is 11.0. The monoisotopic (exact) mass is 772 g/mol. The second-order valence-corrected chi connectivity index (χ2v) is 16.0. The molecule has 0 radical (unpaired) electrons. The van der Waals surface area contributed by atoms with Crippen LogP contribution in [0.1, 0.15) is 200 Å². The van der Waals surface area contributed by atoms with Gasteiger partial charge in [-0.25, -0.2) is 0 Å². The summed E-state index contributed by atoms with van der Waals surface area (Å²) in [5.41, 5.74) is 0. The molecule has 1 fully saturated rings. The van der Waals surface area contributed by atoms with Crippen LogP contribution in [0.5, 0.6) is 0 Å². The zero-order chi connectivity index (χ0) is 39.7. The van der Waals surface area contributed by atoms with Crippen LogP contribution in [-0.4, -0.2) is 98.7 Å². The maximum atomic E-state index is 13.0. The minimum absolute atomic E-state index is 0.301. The quantitative estimate of drug-likeness (QED) is 0.0245. The minimum Gasteiger partial charge on any atom is -0.394 e. The molecule has 1 aliphatic heterocycles. The van der Waals surface area contributed by atoms with Crippen LogP contribution in [0.25, 0.3) is 0 Å². The van der Waals surface area contributed by atoms with Gasteiger partial charge in [-0.05, 0) is 19.3 Å². The second-order valence-electron chi connectivity index (χ2n) is 16.0. The summed E-state index contributed by atoms with van der Waals surface area (Å²) in [5.74, 6) is -0.615. The Kier molecular flexibility index (Phi) is 33.1. The molecular formula is C44H85NO9. The molecule has 1 amide bonds. The molecule has 0 saturated carbocycles. The molecule has 1 saturated heterocycles. The standard InChI is InChI=1S/C44H85NO9/c1-3-5-7-9-11-13-15-17-18-19-21-23-25-27-29-31-33-38(48)43(52)45-36(35-53-44-42(51)41(50)40(49)39(34-46)54-44)37(47)32-30-28-26-24-22-20-16-14-12-10-8-6-4-2/h30,32,36-42,44,46-51H,3-29,31,33-35H2,1-2H3,(H,45,52)/b32-30+. The van der Waals surface area contributed by atoms with Crippen molar-refractivity contribution in [1.82, 2.24) is 5.32 Å². The highest BCUT2D eigenvalue weighted by atomic mass is 16.7. The van der Waals surface area contributed by atoms with Gasteiger partial charge in [0.25, 0.3) is 0 Å². The predicted octanol–water partition coefficient (Wildman–Crippen LogP) is 7.92. The first-order valence-corrected chi connectivity index (χ1v) is 22.5. The number of aliphatic hydroxyl groups is 6. The van der Waals surface area contributed by atoms with E-state index < -0.39 is 61.5 Å². The highest BCUT2D eigenvalue weighted by Gasteiger charge is 2.44. The van der Waals surface area contributed by atoms with Crippen LogP contribution >= 0.6 is 0 Å². The third-order valence-corrected chi connectivity index (χ3v) is 11.0. The lowest BCUT2D eigenvalue weighted by Gasteiger charge is -2.40. The zero-order valence-corrected chi connectivity index (χ0v) is 34.6. The minimum atomic E-state index is -1.61. The van der Waals surface area contributed by atoms with E-state index in [2.05, 4.69) is 19.2 Å². The van der Waals surface area contributed by atoms with E-state index in [-0.39, 0.29) is 6.61 Å². The van der Waals surface area contributed by atoms with Gasteiger partial charge in [0.1, 0.15) is 30.5 Å². The summed E-state index contributed by atoms with van der Waals surface area (Å²) >= 11 is 0. The molecule has 0 bridgehead atoms. The number of nitrogens with one attached hydrogen (secondary N) is 1. The van der Waals surface area contributed by atoms with E-state index in [1.165, 1.54) is 135 Å². The van der Waals surface area contributed by atoms with E-state index in [0.717, 1.165) is 44.9 Å². The van der Waals surface area contributed by atoms with Crippen molar-refractivity contribution >= 4 is 5.91 Å². The smallest absolute Gasteiger partial charge is 0.249 e. The fourth-order valence-corrected chi connectivity index (χ4v) is 7.22. The van der Waals surface area contributed by atoms with Gasteiger partial charge in [0.05, 0.1) is 25.4 Å². The van der Waals surface area contributed by atoms with Gasteiger partial charge < -0.3 is 45.4 Å². The zero-order valence-electron chi connectivity index (χ0n) is 34.6. The topological polar surface area (TPSA) is 169 Å². The molecule has 1 aliphatic rings. The summed E-state index contributed by atoms with van der Waals surface area (Å²) < 4.78 is 11.1. The van der Waals surface area contributed by atoms with Crippen LogP contribution in [0, 0.1) is 0 Å². The van der Waals surface area contributed by atoms with E-state index in [1.54, 1.807) is 6.08 Å². The van der Waals surface area contributed by atoms with Gasteiger partial charge in [0.2, 0.25) is 5.91 Å². The lowest BCUT2D eigenvalue weighted by molar-refractivity contribution is -0.302. The SMILES string of the molecule is CCCCCCCCCCCCC/C=C/C(O)C(COC1OC(CO)C(O)C(O)C1O)NC(=O)C(O)CCCCCCCCCCCCCCCCCC. The predicted molar refractivity (Wildman–Crippen MR) is 218 cm³/mol. The normalized spacial score (nSPS) is 22.1. The third kappa shape index (κ3) is 25.2. The van der Waals surface area contributed by atoms with Crippen LogP contribution in [-0.2, 0) is 14.3 Å². The lowest BCUT2D eigenvalue weighted by atomic mass is 9.99. The molecule has 7 N–H and O–H groups in total. The molecule has 54 heavy (non-hydrogen) atoms. The van der Waals surface area contributed by atoms with Crippen LogP contribution in [0.2, 0.25) is 0 Å². The van der Waals surface area contributed by atoms with Crippen LogP contribution in [0.4, 0.5) is 0 Å². The molecule has 8 atom stereocenters. The van der Waals surface area contributed by atoms with E-state index in [9.17, 15) is 35.4 Å². The van der Waals surface area contributed by atoms with Crippen LogP contribution < -0.4 is 5.32 Å². The summed E-state index contributed by atoms with van der Waals surface area (Å²) in [6.45, 7) is 3.60.